The van der Waals surface area contributed by atoms with Gasteiger partial charge in [-0.3, -0.25) is 0 Å². The predicted molar refractivity (Wildman–Crippen MR) is 60.7 cm³/mol. The number of hydrogen-bond acceptors (Lipinski definition) is 6. The Kier molecular flexibility index (Phi) is 2.83. The van der Waals surface area contributed by atoms with Gasteiger partial charge >= 0.3 is 0 Å². The van der Waals surface area contributed by atoms with Gasteiger partial charge in [-0.15, -0.1) is 14.8 Å². The second-order valence-corrected chi connectivity index (χ2v) is 4.11. The first kappa shape index (κ1) is 10.4. The van der Waals surface area contributed by atoms with Crippen LogP contribution in [0.1, 0.15) is 19.3 Å². The highest BCUT2D eigenvalue weighted by atomic mass is 16.5. The molecule has 7 nitrogen and oxygen atoms in total. The molecule has 1 saturated heterocycles. The molecule has 2 aromatic heterocycles. The molecule has 0 saturated carbocycles. The number of rotatable bonds is 3. The lowest BCUT2D eigenvalue weighted by Crippen LogP contribution is -2.27. The molecule has 1 atom stereocenters. The largest absolute Gasteiger partial charge is 0.376 e. The van der Waals surface area contributed by atoms with Crippen molar-refractivity contribution in [2.24, 2.45) is 0 Å². The van der Waals surface area contributed by atoms with Crippen LogP contribution in [0.4, 0.5) is 5.82 Å². The van der Waals surface area contributed by atoms with Crippen molar-refractivity contribution in [2.75, 3.05) is 18.5 Å². The minimum Gasteiger partial charge on any atom is -0.376 e. The standard InChI is InChI=1S/C10H14N6O/c1-2-6-17-8(3-1)7-11-9-4-5-10-12-14-15-16(10)13-9/h4-5,8H,1-3,6-7H2,(H,11,13). The fourth-order valence-corrected chi connectivity index (χ4v) is 1.93. The van der Waals surface area contributed by atoms with Gasteiger partial charge in [0.15, 0.2) is 5.65 Å². The van der Waals surface area contributed by atoms with Gasteiger partial charge in [0.05, 0.1) is 6.10 Å². The van der Waals surface area contributed by atoms with Crippen molar-refractivity contribution in [1.82, 2.24) is 25.3 Å². The molecule has 1 unspecified atom stereocenters. The molecule has 3 rings (SSSR count). The number of anilines is 1. The average molecular weight is 234 g/mol. The van der Waals surface area contributed by atoms with Crippen molar-refractivity contribution in [3.8, 4) is 0 Å². The molecule has 17 heavy (non-hydrogen) atoms. The Balaban J connectivity index is 1.63. The molecule has 2 aromatic rings. The summed E-state index contributed by atoms with van der Waals surface area (Å²) in [5.74, 6) is 0.763. The summed E-state index contributed by atoms with van der Waals surface area (Å²) in [7, 11) is 0. The lowest BCUT2D eigenvalue weighted by molar-refractivity contribution is 0.0247. The minimum atomic E-state index is 0.287. The first-order valence-electron chi connectivity index (χ1n) is 5.83. The number of tetrazole rings is 1. The zero-order valence-electron chi connectivity index (χ0n) is 9.41. The van der Waals surface area contributed by atoms with Crippen LogP contribution in [-0.2, 0) is 4.74 Å². The predicted octanol–water partition coefficient (Wildman–Crippen LogP) is 0.500. The van der Waals surface area contributed by atoms with Crippen LogP contribution in [0.3, 0.4) is 0 Å². The maximum atomic E-state index is 5.63. The van der Waals surface area contributed by atoms with Crippen LogP contribution >= 0.6 is 0 Å². The topological polar surface area (TPSA) is 77.2 Å². The summed E-state index contributed by atoms with van der Waals surface area (Å²) in [4.78, 5) is 0. The van der Waals surface area contributed by atoms with E-state index in [4.69, 9.17) is 4.74 Å². The molecule has 90 valence electrons. The molecule has 7 heteroatoms. The number of fused-ring (bicyclic) bond motifs is 1. The molecule has 3 heterocycles. The molecular formula is C10H14N6O. The van der Waals surface area contributed by atoms with E-state index >= 15 is 0 Å². The van der Waals surface area contributed by atoms with E-state index in [2.05, 4.69) is 25.9 Å². The highest BCUT2D eigenvalue weighted by Gasteiger charge is 2.13. The van der Waals surface area contributed by atoms with Crippen molar-refractivity contribution in [2.45, 2.75) is 25.4 Å². The maximum absolute atomic E-state index is 5.63. The molecule has 0 radical (unpaired) electrons. The fraction of sp³-hybridized carbons (Fsp3) is 0.600. The molecular weight excluding hydrogens is 220 g/mol. The summed E-state index contributed by atoms with van der Waals surface area (Å²) >= 11 is 0. The summed E-state index contributed by atoms with van der Waals surface area (Å²) in [5, 5.41) is 18.6. The highest BCUT2D eigenvalue weighted by Crippen LogP contribution is 2.13. The summed E-state index contributed by atoms with van der Waals surface area (Å²) in [6.07, 6.45) is 3.81. The molecule has 1 fully saturated rings. The molecule has 0 aliphatic carbocycles. The first-order chi connectivity index (χ1) is 8.42. The Morgan fingerprint density at radius 2 is 2.41 bits per heavy atom. The van der Waals surface area contributed by atoms with E-state index in [0.717, 1.165) is 25.4 Å². The van der Waals surface area contributed by atoms with Crippen LogP contribution < -0.4 is 5.32 Å². The molecule has 1 N–H and O–H groups in total. The third-order valence-corrected chi connectivity index (χ3v) is 2.85. The van der Waals surface area contributed by atoms with Gasteiger partial charge in [-0.05, 0) is 41.8 Å². The number of nitrogens with zero attached hydrogens (tertiary/aromatic N) is 5. The highest BCUT2D eigenvalue weighted by molar-refractivity contribution is 5.42. The zero-order valence-corrected chi connectivity index (χ0v) is 9.41. The lowest BCUT2D eigenvalue weighted by Gasteiger charge is -2.22. The van der Waals surface area contributed by atoms with E-state index in [0.29, 0.717) is 5.65 Å². The monoisotopic (exact) mass is 234 g/mol. The Morgan fingerprint density at radius 1 is 1.41 bits per heavy atom. The van der Waals surface area contributed by atoms with E-state index in [9.17, 15) is 0 Å². The van der Waals surface area contributed by atoms with Gasteiger partial charge in [-0.2, -0.15) is 0 Å². The summed E-state index contributed by atoms with van der Waals surface area (Å²) in [6.45, 7) is 1.65. The summed E-state index contributed by atoms with van der Waals surface area (Å²) in [5.41, 5.74) is 0.643. The van der Waals surface area contributed by atoms with Gasteiger partial charge in [-0.1, -0.05) is 0 Å². The van der Waals surface area contributed by atoms with Crippen LogP contribution in [0.15, 0.2) is 12.1 Å². The van der Waals surface area contributed by atoms with Gasteiger partial charge < -0.3 is 10.1 Å². The third-order valence-electron chi connectivity index (χ3n) is 2.85. The number of nitrogens with one attached hydrogen (secondary N) is 1. The molecule has 0 amide bonds. The molecule has 0 spiro atoms. The van der Waals surface area contributed by atoms with Crippen LogP contribution in [0.5, 0.6) is 0 Å². The number of ether oxygens (including phenoxy) is 1. The van der Waals surface area contributed by atoms with Crippen molar-refractivity contribution < 1.29 is 4.74 Å². The van der Waals surface area contributed by atoms with Crippen molar-refractivity contribution >= 4 is 11.5 Å². The third kappa shape index (κ3) is 2.33. The van der Waals surface area contributed by atoms with E-state index in [-0.39, 0.29) is 6.10 Å². The van der Waals surface area contributed by atoms with Crippen LogP contribution in [0.25, 0.3) is 5.65 Å². The van der Waals surface area contributed by atoms with Gasteiger partial charge in [0.2, 0.25) is 0 Å². The quantitative estimate of drug-likeness (QED) is 0.833. The van der Waals surface area contributed by atoms with Crippen LogP contribution in [0.2, 0.25) is 0 Å². The summed E-state index contributed by atoms with van der Waals surface area (Å²) < 4.78 is 7.04. The molecule has 1 aliphatic heterocycles. The molecule has 0 bridgehead atoms. The average Bonchev–Trinajstić information content (AvgIpc) is 2.85. The Morgan fingerprint density at radius 3 is 3.29 bits per heavy atom. The van der Waals surface area contributed by atoms with Gasteiger partial charge in [0.25, 0.3) is 0 Å². The lowest BCUT2D eigenvalue weighted by atomic mass is 10.1. The van der Waals surface area contributed by atoms with Crippen molar-refractivity contribution in [1.29, 1.82) is 0 Å². The van der Waals surface area contributed by atoms with Crippen molar-refractivity contribution in [3.63, 3.8) is 0 Å². The van der Waals surface area contributed by atoms with E-state index in [1.165, 1.54) is 17.5 Å². The second-order valence-electron chi connectivity index (χ2n) is 4.11. The van der Waals surface area contributed by atoms with Crippen molar-refractivity contribution in [3.05, 3.63) is 12.1 Å². The van der Waals surface area contributed by atoms with E-state index in [1.807, 2.05) is 12.1 Å². The smallest absolute Gasteiger partial charge is 0.200 e. The first-order valence-corrected chi connectivity index (χ1v) is 5.83. The molecule has 0 aromatic carbocycles. The van der Waals surface area contributed by atoms with E-state index < -0.39 is 0 Å². The maximum Gasteiger partial charge on any atom is 0.200 e. The second kappa shape index (κ2) is 4.62. The van der Waals surface area contributed by atoms with Gasteiger partial charge in [0.1, 0.15) is 5.82 Å². The fourth-order valence-electron chi connectivity index (χ4n) is 1.93. The van der Waals surface area contributed by atoms with Crippen LogP contribution in [-0.4, -0.2) is 44.5 Å². The van der Waals surface area contributed by atoms with Gasteiger partial charge in [0, 0.05) is 13.2 Å². The Labute approximate surface area is 98.1 Å². The number of hydrogen-bond donors (Lipinski definition) is 1. The summed E-state index contributed by atoms with van der Waals surface area (Å²) in [6, 6.07) is 3.70. The van der Waals surface area contributed by atoms with E-state index in [1.54, 1.807) is 0 Å². The van der Waals surface area contributed by atoms with Crippen LogP contribution in [0, 0.1) is 0 Å². The van der Waals surface area contributed by atoms with Gasteiger partial charge in [-0.25, -0.2) is 0 Å². The minimum absolute atomic E-state index is 0.287. The number of aromatic nitrogens is 5. The SMILES string of the molecule is c1cc2nnnn2nc1NCC1CCCCO1. The zero-order chi connectivity index (χ0) is 11.5. The Hall–Kier alpha value is -1.76. The molecule has 1 aliphatic rings. The Bertz CT molecular complexity index is 492. The normalized spacial score (nSPS) is 20.6.